The first kappa shape index (κ1) is 22.4. The van der Waals surface area contributed by atoms with E-state index in [-0.39, 0.29) is 25.1 Å². The molecule has 2 aliphatic heterocycles. The minimum absolute atomic E-state index is 0.237. The van der Waals surface area contributed by atoms with Gasteiger partial charge in [-0.2, -0.15) is 0 Å². The molecule has 0 bridgehead atoms. The van der Waals surface area contributed by atoms with E-state index in [4.69, 9.17) is 9.47 Å². The molecule has 168 valence electrons. The maximum atomic E-state index is 13.1. The zero-order chi connectivity index (χ0) is 22.6. The Bertz CT molecular complexity index is 875. The van der Waals surface area contributed by atoms with Gasteiger partial charge in [0.25, 0.3) is 5.91 Å². The van der Waals surface area contributed by atoms with Crippen LogP contribution >= 0.6 is 0 Å². The van der Waals surface area contributed by atoms with Gasteiger partial charge >= 0.3 is 12.1 Å². The molecule has 0 aliphatic carbocycles. The highest BCUT2D eigenvalue weighted by atomic mass is 16.5. The van der Waals surface area contributed by atoms with Crippen LogP contribution in [0.1, 0.15) is 32.3 Å². The van der Waals surface area contributed by atoms with E-state index in [0.29, 0.717) is 30.8 Å². The van der Waals surface area contributed by atoms with Gasteiger partial charge in [0.15, 0.2) is 0 Å². The van der Waals surface area contributed by atoms with Crippen molar-refractivity contribution >= 4 is 23.9 Å². The molecule has 0 radical (unpaired) electrons. The van der Waals surface area contributed by atoms with Gasteiger partial charge in [-0.1, -0.05) is 18.2 Å². The van der Waals surface area contributed by atoms with E-state index in [1.807, 2.05) is 0 Å². The van der Waals surface area contributed by atoms with Crippen molar-refractivity contribution in [1.82, 2.24) is 20.4 Å². The molecule has 31 heavy (non-hydrogen) atoms. The fourth-order valence-corrected chi connectivity index (χ4v) is 3.98. The predicted octanol–water partition coefficient (Wildman–Crippen LogP) is 1.20. The number of ether oxygens (including phenoxy) is 2. The van der Waals surface area contributed by atoms with E-state index in [0.717, 1.165) is 11.3 Å². The number of imide groups is 1. The zero-order valence-corrected chi connectivity index (χ0v) is 18.0. The third-order valence-electron chi connectivity index (χ3n) is 5.59. The van der Waals surface area contributed by atoms with Gasteiger partial charge in [0.2, 0.25) is 5.91 Å². The predicted molar refractivity (Wildman–Crippen MR) is 110 cm³/mol. The number of methoxy groups -OCH3 is 1. The number of rotatable bonds is 6. The lowest BCUT2D eigenvalue weighted by molar-refractivity contribution is -0.139. The number of amides is 5. The number of hydrogen-bond donors (Lipinski definition) is 2. The molecule has 10 heteroatoms. The topological polar surface area (TPSA) is 117 Å². The molecule has 0 saturated carbocycles. The molecule has 2 atom stereocenters. The largest absolute Gasteiger partial charge is 0.496 e. The second kappa shape index (κ2) is 9.23. The van der Waals surface area contributed by atoms with Crippen molar-refractivity contribution in [2.24, 2.45) is 0 Å². The second-order valence-corrected chi connectivity index (χ2v) is 7.69. The summed E-state index contributed by atoms with van der Waals surface area (Å²) in [5, 5.41) is 5.43. The Balaban J connectivity index is 1.68. The molecule has 5 amide bonds. The molecule has 2 fully saturated rings. The molecule has 2 aliphatic rings. The van der Waals surface area contributed by atoms with Crippen LogP contribution in [0.15, 0.2) is 24.3 Å². The number of likely N-dealkylation sites (tertiary alicyclic amines) is 1. The number of carbonyl (C=O) groups is 4. The standard InChI is InChI=1S/C21H28N4O6/c1-4-31-20(29)22-14-8-7-11-24(12-14)17(26)13-25-18(27)21(2,23-19(25)28)15-9-5-6-10-16(15)30-3/h5-6,9-10,14H,4,7-8,11-13H2,1-3H3,(H,22,29)(H,23,28). The van der Waals surface area contributed by atoms with Crippen molar-refractivity contribution in [1.29, 1.82) is 0 Å². The highest BCUT2D eigenvalue weighted by molar-refractivity contribution is 6.09. The summed E-state index contributed by atoms with van der Waals surface area (Å²) in [6.45, 7) is 3.99. The second-order valence-electron chi connectivity index (χ2n) is 7.69. The molecule has 0 spiro atoms. The summed E-state index contributed by atoms with van der Waals surface area (Å²) in [4.78, 5) is 52.7. The highest BCUT2D eigenvalue weighted by Crippen LogP contribution is 2.34. The average molecular weight is 432 g/mol. The number of nitrogens with zero attached hydrogens (tertiary/aromatic N) is 2. The zero-order valence-electron chi connectivity index (χ0n) is 18.0. The monoisotopic (exact) mass is 432 g/mol. The van der Waals surface area contributed by atoms with Crippen molar-refractivity contribution < 1.29 is 28.7 Å². The molecule has 2 saturated heterocycles. The molecule has 3 rings (SSSR count). The highest BCUT2D eigenvalue weighted by Gasteiger charge is 2.51. The van der Waals surface area contributed by atoms with Gasteiger partial charge in [0.1, 0.15) is 17.8 Å². The molecule has 2 heterocycles. The van der Waals surface area contributed by atoms with Gasteiger partial charge in [-0.25, -0.2) is 9.59 Å². The van der Waals surface area contributed by atoms with Crippen LogP contribution in [0.3, 0.4) is 0 Å². The number of benzene rings is 1. The van der Waals surface area contributed by atoms with Gasteiger partial charge in [-0.3, -0.25) is 14.5 Å². The third-order valence-corrected chi connectivity index (χ3v) is 5.59. The smallest absolute Gasteiger partial charge is 0.407 e. The summed E-state index contributed by atoms with van der Waals surface area (Å²) in [5.41, 5.74) is -0.817. The van der Waals surface area contributed by atoms with Crippen LogP contribution in [0.5, 0.6) is 5.75 Å². The van der Waals surface area contributed by atoms with E-state index < -0.39 is 23.6 Å². The van der Waals surface area contributed by atoms with E-state index in [2.05, 4.69) is 10.6 Å². The Kier molecular flexibility index (Phi) is 6.67. The van der Waals surface area contributed by atoms with Crippen LogP contribution in [0.25, 0.3) is 0 Å². The quantitative estimate of drug-likeness (QED) is 0.653. The van der Waals surface area contributed by atoms with Crippen molar-refractivity contribution in [2.45, 2.75) is 38.3 Å². The number of para-hydroxylation sites is 1. The Hall–Kier alpha value is -3.30. The van der Waals surface area contributed by atoms with Crippen LogP contribution in [0.4, 0.5) is 9.59 Å². The van der Waals surface area contributed by atoms with Crippen LogP contribution in [0, 0.1) is 0 Å². The van der Waals surface area contributed by atoms with E-state index in [1.165, 1.54) is 7.11 Å². The van der Waals surface area contributed by atoms with Crippen LogP contribution in [0.2, 0.25) is 0 Å². The van der Waals surface area contributed by atoms with Crippen molar-refractivity contribution in [3.05, 3.63) is 29.8 Å². The first-order valence-electron chi connectivity index (χ1n) is 10.3. The summed E-state index contributed by atoms with van der Waals surface area (Å²) >= 11 is 0. The molecular weight excluding hydrogens is 404 g/mol. The summed E-state index contributed by atoms with van der Waals surface area (Å²) in [7, 11) is 1.49. The van der Waals surface area contributed by atoms with Crippen LogP contribution < -0.4 is 15.4 Å². The first-order valence-corrected chi connectivity index (χ1v) is 10.3. The van der Waals surface area contributed by atoms with Crippen molar-refractivity contribution in [3.63, 3.8) is 0 Å². The van der Waals surface area contributed by atoms with Gasteiger partial charge in [-0.05, 0) is 32.8 Å². The van der Waals surface area contributed by atoms with E-state index in [9.17, 15) is 19.2 Å². The lowest BCUT2D eigenvalue weighted by atomic mass is 9.91. The van der Waals surface area contributed by atoms with E-state index >= 15 is 0 Å². The number of hydrogen-bond acceptors (Lipinski definition) is 6. The fourth-order valence-electron chi connectivity index (χ4n) is 3.98. The lowest BCUT2D eigenvalue weighted by Gasteiger charge is -2.33. The summed E-state index contributed by atoms with van der Waals surface area (Å²) in [5.74, 6) is -0.410. The Labute approximate surface area is 180 Å². The molecule has 1 aromatic carbocycles. The maximum Gasteiger partial charge on any atom is 0.407 e. The molecule has 10 nitrogen and oxygen atoms in total. The minimum Gasteiger partial charge on any atom is -0.496 e. The van der Waals surface area contributed by atoms with E-state index in [1.54, 1.807) is 43.0 Å². The first-order chi connectivity index (χ1) is 14.8. The van der Waals surface area contributed by atoms with Crippen LogP contribution in [-0.4, -0.2) is 73.1 Å². The van der Waals surface area contributed by atoms with Gasteiger partial charge in [-0.15, -0.1) is 0 Å². The number of alkyl carbamates (subject to hydrolysis) is 1. The molecule has 2 unspecified atom stereocenters. The lowest BCUT2D eigenvalue weighted by Crippen LogP contribution is -2.52. The van der Waals surface area contributed by atoms with Gasteiger partial charge in [0.05, 0.1) is 13.7 Å². The van der Waals surface area contributed by atoms with Gasteiger partial charge < -0.3 is 25.0 Å². The normalized spacial score (nSPS) is 23.4. The Morgan fingerprint density at radius 3 is 2.74 bits per heavy atom. The van der Waals surface area contributed by atoms with Gasteiger partial charge in [0, 0.05) is 24.7 Å². The third kappa shape index (κ3) is 4.57. The molecule has 0 aromatic heterocycles. The number of carbonyl (C=O) groups excluding carboxylic acids is 4. The number of piperidine rings is 1. The summed E-state index contributed by atoms with van der Waals surface area (Å²) in [6.07, 6.45) is 0.892. The maximum absolute atomic E-state index is 13.1. The van der Waals surface area contributed by atoms with Crippen molar-refractivity contribution in [3.8, 4) is 5.75 Å². The average Bonchev–Trinajstić information content (AvgIpc) is 2.97. The Morgan fingerprint density at radius 1 is 1.29 bits per heavy atom. The SMILES string of the molecule is CCOC(=O)NC1CCCN(C(=O)CN2C(=O)NC(C)(c3ccccc3OC)C2=O)C1. The van der Waals surface area contributed by atoms with Crippen LogP contribution in [-0.2, 0) is 19.9 Å². The summed E-state index contributed by atoms with van der Waals surface area (Å²) in [6, 6.07) is 6.06. The fraction of sp³-hybridized carbons (Fsp3) is 0.524. The summed E-state index contributed by atoms with van der Waals surface area (Å²) < 4.78 is 10.2. The van der Waals surface area contributed by atoms with Crippen molar-refractivity contribution in [2.75, 3.05) is 33.4 Å². The number of urea groups is 1. The molecular formula is C21H28N4O6. The molecule has 1 aromatic rings. The number of nitrogens with one attached hydrogen (secondary N) is 2. The molecule has 2 N–H and O–H groups in total. The minimum atomic E-state index is -1.33. The Morgan fingerprint density at radius 2 is 2.03 bits per heavy atom.